The summed E-state index contributed by atoms with van der Waals surface area (Å²) in [5.74, 6) is 0.851. The van der Waals surface area contributed by atoms with E-state index in [2.05, 4.69) is 67.5 Å². The van der Waals surface area contributed by atoms with Crippen molar-refractivity contribution in [2.75, 3.05) is 42.9 Å². The van der Waals surface area contributed by atoms with Gasteiger partial charge in [-0.2, -0.15) is 0 Å². The van der Waals surface area contributed by atoms with Crippen LogP contribution in [-0.2, 0) is 19.4 Å². The molecule has 0 amide bonds. The fraction of sp³-hybridized carbons (Fsp3) is 0.333. The van der Waals surface area contributed by atoms with Crippen molar-refractivity contribution in [2.24, 2.45) is 0 Å². The summed E-state index contributed by atoms with van der Waals surface area (Å²) >= 11 is 0. The number of hydrogen-bond donors (Lipinski definition) is 1. The van der Waals surface area contributed by atoms with E-state index < -0.39 is 0 Å². The molecule has 29 heavy (non-hydrogen) atoms. The second-order valence-electron chi connectivity index (χ2n) is 7.94. The van der Waals surface area contributed by atoms with Gasteiger partial charge in [0.25, 0.3) is 0 Å². The molecule has 1 aromatic heterocycles. The molecule has 0 saturated carbocycles. The van der Waals surface area contributed by atoms with Gasteiger partial charge < -0.3 is 10.2 Å². The van der Waals surface area contributed by atoms with Gasteiger partial charge in [-0.1, -0.05) is 48.5 Å². The zero-order valence-corrected chi connectivity index (χ0v) is 16.7. The van der Waals surface area contributed by atoms with Crippen molar-refractivity contribution >= 4 is 11.6 Å². The summed E-state index contributed by atoms with van der Waals surface area (Å²) in [6.45, 7) is 6.11. The SMILES string of the molecule is c1ccc(Cc2cnc(N3CCN(Cc4cccc5c4NCC5)CC3)nc2)cc1. The van der Waals surface area contributed by atoms with E-state index in [9.17, 15) is 0 Å². The molecule has 148 valence electrons. The smallest absolute Gasteiger partial charge is 0.225 e. The second-order valence-corrected chi connectivity index (χ2v) is 7.94. The first-order chi connectivity index (χ1) is 14.3. The molecule has 1 saturated heterocycles. The van der Waals surface area contributed by atoms with Crippen molar-refractivity contribution in [3.63, 3.8) is 0 Å². The summed E-state index contributed by atoms with van der Waals surface area (Å²) < 4.78 is 0. The number of rotatable bonds is 5. The van der Waals surface area contributed by atoms with Gasteiger partial charge in [-0.05, 0) is 28.7 Å². The number of hydrogen-bond acceptors (Lipinski definition) is 5. The van der Waals surface area contributed by atoms with Gasteiger partial charge in [0, 0.05) is 63.8 Å². The third-order valence-electron chi connectivity index (χ3n) is 5.93. The molecule has 2 aromatic carbocycles. The largest absolute Gasteiger partial charge is 0.384 e. The number of aromatic nitrogens is 2. The lowest BCUT2D eigenvalue weighted by atomic mass is 10.1. The highest BCUT2D eigenvalue weighted by Crippen LogP contribution is 2.27. The van der Waals surface area contributed by atoms with Crippen molar-refractivity contribution < 1.29 is 0 Å². The van der Waals surface area contributed by atoms with Crippen LogP contribution in [0.3, 0.4) is 0 Å². The minimum absolute atomic E-state index is 0.851. The Balaban J connectivity index is 1.17. The number of para-hydroxylation sites is 1. The summed E-state index contributed by atoms with van der Waals surface area (Å²) in [4.78, 5) is 14.1. The maximum atomic E-state index is 4.64. The zero-order valence-electron chi connectivity index (χ0n) is 16.7. The normalized spacial score (nSPS) is 16.5. The lowest BCUT2D eigenvalue weighted by molar-refractivity contribution is 0.249. The molecule has 0 unspecified atom stereocenters. The molecular weight excluding hydrogens is 358 g/mol. The van der Waals surface area contributed by atoms with Crippen LogP contribution in [0.15, 0.2) is 60.9 Å². The highest BCUT2D eigenvalue weighted by molar-refractivity contribution is 5.61. The molecule has 5 rings (SSSR count). The maximum Gasteiger partial charge on any atom is 0.225 e. The highest BCUT2D eigenvalue weighted by Gasteiger charge is 2.21. The summed E-state index contributed by atoms with van der Waals surface area (Å²) in [6, 6.07) is 17.2. The van der Waals surface area contributed by atoms with Crippen LogP contribution in [0.2, 0.25) is 0 Å². The minimum atomic E-state index is 0.851. The topological polar surface area (TPSA) is 44.3 Å². The molecule has 2 aliphatic rings. The quantitative estimate of drug-likeness (QED) is 0.730. The third-order valence-corrected chi connectivity index (χ3v) is 5.93. The van der Waals surface area contributed by atoms with Crippen molar-refractivity contribution in [3.05, 3.63) is 83.2 Å². The Kier molecular flexibility index (Phi) is 5.13. The van der Waals surface area contributed by atoms with Gasteiger partial charge in [0.2, 0.25) is 5.95 Å². The lowest BCUT2D eigenvalue weighted by Gasteiger charge is -2.35. The van der Waals surface area contributed by atoms with Gasteiger partial charge in [0.1, 0.15) is 0 Å². The van der Waals surface area contributed by atoms with Crippen molar-refractivity contribution in [3.8, 4) is 0 Å². The van der Waals surface area contributed by atoms with Crippen LogP contribution in [0.1, 0.15) is 22.3 Å². The minimum Gasteiger partial charge on any atom is -0.384 e. The average Bonchev–Trinajstić information content (AvgIpc) is 3.26. The Labute approximate surface area is 172 Å². The molecule has 3 heterocycles. The second kappa shape index (κ2) is 8.21. The Morgan fingerprint density at radius 3 is 2.41 bits per heavy atom. The highest BCUT2D eigenvalue weighted by atomic mass is 15.3. The fourth-order valence-electron chi connectivity index (χ4n) is 4.32. The van der Waals surface area contributed by atoms with Crippen LogP contribution in [-0.4, -0.2) is 47.6 Å². The standard InChI is InChI=1S/C24H27N5/c1-2-5-19(6-3-1)15-20-16-26-24(27-17-20)29-13-11-28(12-14-29)18-22-8-4-7-21-9-10-25-23(21)22/h1-8,16-17,25H,9-15,18H2. The van der Waals surface area contributed by atoms with Gasteiger partial charge in [0.05, 0.1) is 0 Å². The third kappa shape index (κ3) is 4.10. The molecule has 1 fully saturated rings. The van der Waals surface area contributed by atoms with Crippen molar-refractivity contribution in [1.29, 1.82) is 0 Å². The Morgan fingerprint density at radius 2 is 1.62 bits per heavy atom. The van der Waals surface area contributed by atoms with Crippen LogP contribution in [0, 0.1) is 0 Å². The van der Waals surface area contributed by atoms with E-state index in [0.29, 0.717) is 0 Å². The van der Waals surface area contributed by atoms with Gasteiger partial charge in [-0.25, -0.2) is 9.97 Å². The first kappa shape index (κ1) is 18.1. The number of nitrogens with one attached hydrogen (secondary N) is 1. The van der Waals surface area contributed by atoms with E-state index in [-0.39, 0.29) is 0 Å². The Morgan fingerprint density at radius 1 is 0.828 bits per heavy atom. The average molecular weight is 386 g/mol. The van der Waals surface area contributed by atoms with Crippen LogP contribution in [0.5, 0.6) is 0 Å². The first-order valence-corrected chi connectivity index (χ1v) is 10.5. The monoisotopic (exact) mass is 385 g/mol. The molecule has 0 spiro atoms. The van der Waals surface area contributed by atoms with E-state index in [1.54, 1.807) is 0 Å². The van der Waals surface area contributed by atoms with Crippen LogP contribution in [0.25, 0.3) is 0 Å². The molecule has 3 aromatic rings. The van der Waals surface area contributed by atoms with E-state index in [4.69, 9.17) is 0 Å². The molecule has 2 aliphatic heterocycles. The van der Waals surface area contributed by atoms with E-state index in [0.717, 1.165) is 63.6 Å². The van der Waals surface area contributed by atoms with Gasteiger partial charge in [-0.15, -0.1) is 0 Å². The van der Waals surface area contributed by atoms with Gasteiger partial charge in [0.15, 0.2) is 0 Å². The molecule has 0 aliphatic carbocycles. The molecule has 0 atom stereocenters. The maximum absolute atomic E-state index is 4.64. The predicted octanol–water partition coefficient (Wildman–Crippen LogP) is 3.36. The molecule has 1 N–H and O–H groups in total. The number of piperazine rings is 1. The van der Waals surface area contributed by atoms with Crippen LogP contribution in [0.4, 0.5) is 11.6 Å². The molecular formula is C24H27N5. The number of anilines is 2. The van der Waals surface area contributed by atoms with Crippen LogP contribution < -0.4 is 10.2 Å². The van der Waals surface area contributed by atoms with Crippen molar-refractivity contribution in [2.45, 2.75) is 19.4 Å². The van der Waals surface area contributed by atoms with E-state index in [1.165, 1.54) is 22.4 Å². The van der Waals surface area contributed by atoms with Crippen molar-refractivity contribution in [1.82, 2.24) is 14.9 Å². The summed E-state index contributed by atoms with van der Waals surface area (Å²) in [7, 11) is 0. The number of benzene rings is 2. The van der Waals surface area contributed by atoms with Gasteiger partial charge in [-0.3, -0.25) is 4.90 Å². The summed E-state index contributed by atoms with van der Waals surface area (Å²) in [5.41, 5.74) is 6.70. The number of fused-ring (bicyclic) bond motifs is 1. The lowest BCUT2D eigenvalue weighted by Crippen LogP contribution is -2.46. The zero-order chi connectivity index (χ0) is 19.5. The van der Waals surface area contributed by atoms with E-state index in [1.807, 2.05) is 18.5 Å². The molecule has 0 radical (unpaired) electrons. The molecule has 0 bridgehead atoms. The fourth-order valence-corrected chi connectivity index (χ4v) is 4.32. The Hall–Kier alpha value is -2.92. The first-order valence-electron chi connectivity index (χ1n) is 10.5. The van der Waals surface area contributed by atoms with Gasteiger partial charge >= 0.3 is 0 Å². The number of nitrogens with zero attached hydrogens (tertiary/aromatic N) is 4. The molecule has 5 nitrogen and oxygen atoms in total. The summed E-state index contributed by atoms with van der Waals surface area (Å²) in [6.07, 6.45) is 5.97. The van der Waals surface area contributed by atoms with E-state index >= 15 is 0 Å². The Bertz CT molecular complexity index is 947. The predicted molar refractivity (Wildman–Crippen MR) is 117 cm³/mol. The molecule has 5 heteroatoms. The van der Waals surface area contributed by atoms with Crippen LogP contribution >= 0.6 is 0 Å². The summed E-state index contributed by atoms with van der Waals surface area (Å²) in [5, 5.41) is 3.56.